The highest BCUT2D eigenvalue weighted by Crippen LogP contribution is 2.25. The van der Waals surface area contributed by atoms with Crippen molar-refractivity contribution in [3.63, 3.8) is 0 Å². The van der Waals surface area contributed by atoms with Crippen molar-refractivity contribution in [2.24, 2.45) is 5.92 Å². The second kappa shape index (κ2) is 6.00. The van der Waals surface area contributed by atoms with Gasteiger partial charge >= 0.3 is 5.97 Å². The minimum atomic E-state index is -0.365. The minimum Gasteiger partial charge on any atom is -0.466 e. The summed E-state index contributed by atoms with van der Waals surface area (Å²) in [5.74, 6) is -0.528. The summed E-state index contributed by atoms with van der Waals surface area (Å²) < 4.78 is 5.04. The number of rotatable bonds is 4. The first-order valence-corrected chi connectivity index (χ1v) is 5.61. The molecule has 0 aliphatic carbocycles. The molecule has 0 amide bonds. The molecule has 1 atom stereocenters. The third-order valence-electron chi connectivity index (χ3n) is 2.45. The van der Waals surface area contributed by atoms with Crippen LogP contribution in [-0.4, -0.2) is 17.6 Å². The molecule has 1 rings (SSSR count). The minimum absolute atomic E-state index is 0.102. The van der Waals surface area contributed by atoms with Crippen LogP contribution in [0.5, 0.6) is 0 Å². The van der Waals surface area contributed by atoms with Crippen molar-refractivity contribution >= 4 is 5.97 Å². The van der Waals surface area contributed by atoms with Crippen molar-refractivity contribution in [2.75, 3.05) is 6.61 Å². The molecule has 0 bridgehead atoms. The van der Waals surface area contributed by atoms with E-state index in [1.54, 1.807) is 19.2 Å². The molecule has 17 heavy (non-hydrogen) atoms. The van der Waals surface area contributed by atoms with Crippen LogP contribution >= 0.6 is 0 Å². The van der Waals surface area contributed by atoms with Gasteiger partial charge in [0, 0.05) is 12.4 Å². The van der Waals surface area contributed by atoms with Crippen LogP contribution in [0.4, 0.5) is 0 Å². The third kappa shape index (κ3) is 3.28. The summed E-state index contributed by atoms with van der Waals surface area (Å²) in [6, 6.07) is 3.71. The maximum atomic E-state index is 11.9. The average Bonchev–Trinajstić information content (AvgIpc) is 2.29. The number of aromatic nitrogens is 1. The van der Waals surface area contributed by atoms with Gasteiger partial charge in [0.1, 0.15) is 6.07 Å². The Morgan fingerprint density at radius 2 is 2.24 bits per heavy atom. The van der Waals surface area contributed by atoms with Gasteiger partial charge in [-0.2, -0.15) is 5.26 Å². The molecule has 90 valence electrons. The predicted molar refractivity (Wildman–Crippen MR) is 63.2 cm³/mol. The van der Waals surface area contributed by atoms with Gasteiger partial charge in [-0.3, -0.25) is 9.78 Å². The van der Waals surface area contributed by atoms with Gasteiger partial charge in [0.15, 0.2) is 0 Å². The summed E-state index contributed by atoms with van der Waals surface area (Å²) in [5.41, 5.74) is 1.19. The number of carbonyl (C=O) groups excluding carboxylic acids is 1. The van der Waals surface area contributed by atoms with E-state index in [4.69, 9.17) is 10.00 Å². The smallest absolute Gasteiger partial charge is 0.313 e. The van der Waals surface area contributed by atoms with Gasteiger partial charge in [-0.1, -0.05) is 13.8 Å². The Morgan fingerprint density at radius 1 is 1.53 bits per heavy atom. The number of pyridine rings is 1. The highest BCUT2D eigenvalue weighted by molar-refractivity contribution is 5.78. The Morgan fingerprint density at radius 3 is 2.76 bits per heavy atom. The number of nitriles is 1. The SMILES string of the molecule is CCOC(=O)C(c1cncc(C#N)c1)C(C)C. The third-order valence-corrected chi connectivity index (χ3v) is 2.45. The average molecular weight is 232 g/mol. The summed E-state index contributed by atoms with van der Waals surface area (Å²) >= 11 is 0. The van der Waals surface area contributed by atoms with Crippen molar-refractivity contribution < 1.29 is 9.53 Å². The second-order valence-electron chi connectivity index (χ2n) is 4.09. The lowest BCUT2D eigenvalue weighted by atomic mass is 9.89. The molecule has 1 aromatic rings. The number of nitrogens with zero attached hydrogens (tertiary/aromatic N) is 2. The van der Waals surface area contributed by atoms with Crippen molar-refractivity contribution in [3.8, 4) is 6.07 Å². The van der Waals surface area contributed by atoms with Crippen molar-refractivity contribution in [3.05, 3.63) is 29.6 Å². The fraction of sp³-hybridized carbons (Fsp3) is 0.462. The van der Waals surface area contributed by atoms with Crippen LogP contribution in [0.1, 0.15) is 37.8 Å². The van der Waals surface area contributed by atoms with E-state index in [9.17, 15) is 4.79 Å². The normalized spacial score (nSPS) is 11.9. The fourth-order valence-electron chi connectivity index (χ4n) is 1.71. The second-order valence-corrected chi connectivity index (χ2v) is 4.09. The summed E-state index contributed by atoms with van der Waals surface area (Å²) in [6.45, 7) is 6.02. The van der Waals surface area contributed by atoms with E-state index in [-0.39, 0.29) is 17.8 Å². The quantitative estimate of drug-likeness (QED) is 0.747. The topological polar surface area (TPSA) is 63.0 Å². The zero-order chi connectivity index (χ0) is 12.8. The van der Waals surface area contributed by atoms with Crippen molar-refractivity contribution in [1.29, 1.82) is 5.26 Å². The highest BCUT2D eigenvalue weighted by Gasteiger charge is 2.25. The molecular weight excluding hydrogens is 216 g/mol. The molecule has 0 N–H and O–H groups in total. The molecule has 1 heterocycles. The number of carbonyl (C=O) groups is 1. The monoisotopic (exact) mass is 232 g/mol. The van der Waals surface area contributed by atoms with Gasteiger partial charge in [0.2, 0.25) is 0 Å². The molecule has 1 unspecified atom stereocenters. The summed E-state index contributed by atoms with van der Waals surface area (Å²) in [4.78, 5) is 15.8. The lowest BCUT2D eigenvalue weighted by Crippen LogP contribution is -2.21. The van der Waals surface area contributed by atoms with Crippen LogP contribution in [0.2, 0.25) is 0 Å². The molecule has 0 fully saturated rings. The molecule has 1 aromatic heterocycles. The number of hydrogen-bond acceptors (Lipinski definition) is 4. The van der Waals surface area contributed by atoms with Crippen LogP contribution in [0.15, 0.2) is 18.5 Å². The Hall–Kier alpha value is -1.89. The van der Waals surface area contributed by atoms with Gasteiger partial charge in [0.05, 0.1) is 18.1 Å². The number of esters is 1. The zero-order valence-corrected chi connectivity index (χ0v) is 10.3. The van der Waals surface area contributed by atoms with Gasteiger partial charge in [-0.05, 0) is 24.5 Å². The largest absolute Gasteiger partial charge is 0.466 e. The van der Waals surface area contributed by atoms with E-state index >= 15 is 0 Å². The van der Waals surface area contributed by atoms with Gasteiger partial charge in [-0.25, -0.2) is 0 Å². The number of ether oxygens (including phenoxy) is 1. The Balaban J connectivity index is 3.06. The number of hydrogen-bond donors (Lipinski definition) is 0. The molecule has 0 aromatic carbocycles. The summed E-state index contributed by atoms with van der Waals surface area (Å²) in [5, 5.41) is 8.82. The zero-order valence-electron chi connectivity index (χ0n) is 10.3. The molecule has 0 saturated heterocycles. The van der Waals surface area contributed by atoms with Gasteiger partial charge in [-0.15, -0.1) is 0 Å². The Kier molecular flexibility index (Phi) is 4.65. The fourth-order valence-corrected chi connectivity index (χ4v) is 1.71. The molecular formula is C13H16N2O2. The molecule has 0 aliphatic rings. The van der Waals surface area contributed by atoms with Crippen LogP contribution in [-0.2, 0) is 9.53 Å². The standard InChI is InChI=1S/C13H16N2O2/c1-4-17-13(16)12(9(2)3)11-5-10(6-14)7-15-8-11/h5,7-9,12H,4H2,1-3H3. The molecule has 4 heteroatoms. The van der Waals surface area contributed by atoms with Crippen LogP contribution in [0.25, 0.3) is 0 Å². The van der Waals surface area contributed by atoms with Crippen molar-refractivity contribution in [2.45, 2.75) is 26.7 Å². The molecule has 0 radical (unpaired) electrons. The van der Waals surface area contributed by atoms with E-state index in [0.29, 0.717) is 12.2 Å². The first-order valence-electron chi connectivity index (χ1n) is 5.61. The van der Waals surface area contributed by atoms with E-state index in [1.807, 2.05) is 19.9 Å². The van der Waals surface area contributed by atoms with E-state index in [0.717, 1.165) is 5.56 Å². The summed E-state index contributed by atoms with van der Waals surface area (Å²) in [7, 11) is 0. The first-order chi connectivity index (χ1) is 8.10. The van der Waals surface area contributed by atoms with Crippen LogP contribution in [0, 0.1) is 17.2 Å². The Labute approximate surface area is 101 Å². The van der Waals surface area contributed by atoms with E-state index in [1.165, 1.54) is 6.20 Å². The van der Waals surface area contributed by atoms with Crippen LogP contribution in [0.3, 0.4) is 0 Å². The highest BCUT2D eigenvalue weighted by atomic mass is 16.5. The van der Waals surface area contributed by atoms with Gasteiger partial charge < -0.3 is 4.74 Å². The van der Waals surface area contributed by atoms with Crippen LogP contribution < -0.4 is 0 Å². The van der Waals surface area contributed by atoms with E-state index < -0.39 is 0 Å². The maximum Gasteiger partial charge on any atom is 0.313 e. The molecule has 4 nitrogen and oxygen atoms in total. The van der Waals surface area contributed by atoms with E-state index in [2.05, 4.69) is 4.98 Å². The molecule has 0 spiro atoms. The summed E-state index contributed by atoms with van der Waals surface area (Å²) in [6.07, 6.45) is 3.09. The molecule has 0 aliphatic heterocycles. The lowest BCUT2D eigenvalue weighted by molar-refractivity contribution is -0.146. The Bertz CT molecular complexity index is 435. The van der Waals surface area contributed by atoms with Gasteiger partial charge in [0.25, 0.3) is 0 Å². The van der Waals surface area contributed by atoms with Crippen molar-refractivity contribution in [1.82, 2.24) is 4.98 Å². The maximum absolute atomic E-state index is 11.9. The first kappa shape index (κ1) is 13.2. The molecule has 0 saturated carbocycles. The predicted octanol–water partition coefficient (Wildman–Crippen LogP) is 2.26. The lowest BCUT2D eigenvalue weighted by Gasteiger charge is -2.19.